The Kier molecular flexibility index (Phi) is 5.87. The first-order valence-corrected chi connectivity index (χ1v) is 11.2. The lowest BCUT2D eigenvalue weighted by molar-refractivity contribution is -0.146. The third-order valence-electron chi connectivity index (χ3n) is 6.12. The van der Waals surface area contributed by atoms with Crippen LogP contribution < -0.4 is 4.90 Å². The van der Waals surface area contributed by atoms with E-state index in [0.29, 0.717) is 38.3 Å². The third kappa shape index (κ3) is 4.68. The van der Waals surface area contributed by atoms with E-state index in [4.69, 9.17) is 0 Å². The quantitative estimate of drug-likeness (QED) is 0.433. The zero-order valence-electron chi connectivity index (χ0n) is 18.9. The van der Waals surface area contributed by atoms with E-state index in [-0.39, 0.29) is 17.5 Å². The number of alkyl halides is 3. The topological polar surface area (TPSA) is 84.5 Å². The maximum atomic E-state index is 13.2. The molecule has 9 nitrogen and oxygen atoms in total. The highest BCUT2D eigenvalue weighted by Gasteiger charge is 2.38. The zero-order chi connectivity index (χ0) is 24.6. The first-order chi connectivity index (χ1) is 16.8. The van der Waals surface area contributed by atoms with Gasteiger partial charge in [0, 0.05) is 44.4 Å². The molecule has 1 aliphatic rings. The number of para-hydroxylation sites is 1. The molecule has 0 bridgehead atoms. The average molecular weight is 484 g/mol. The monoisotopic (exact) mass is 484 g/mol. The van der Waals surface area contributed by atoms with Gasteiger partial charge in [0.25, 0.3) is 5.82 Å². The summed E-state index contributed by atoms with van der Waals surface area (Å²) in [7, 11) is 1.77. The predicted octanol–water partition coefficient (Wildman–Crippen LogP) is 3.20. The standard InChI is InChI=1S/C23H23F3N8O/c1-31(14-16-13-27-33(15-16)18-5-3-2-4-6-18)21(35)17-9-11-32(12-10-17)20-8-7-19-28-29-22(23(24,25)26)34(19)30-20/h2-8,13,15,17H,9-12,14H2,1H3. The van der Waals surface area contributed by atoms with Crippen molar-refractivity contribution in [3.63, 3.8) is 0 Å². The molecule has 35 heavy (non-hydrogen) atoms. The van der Waals surface area contributed by atoms with Gasteiger partial charge in [0.2, 0.25) is 5.91 Å². The normalized spacial score (nSPS) is 15.0. The number of piperidine rings is 1. The van der Waals surface area contributed by atoms with Gasteiger partial charge in [-0.05, 0) is 37.1 Å². The van der Waals surface area contributed by atoms with E-state index in [0.717, 1.165) is 15.8 Å². The highest BCUT2D eigenvalue weighted by atomic mass is 19.4. The first kappa shape index (κ1) is 22.8. The maximum Gasteiger partial charge on any atom is 0.453 e. The molecule has 0 radical (unpaired) electrons. The molecule has 3 aromatic heterocycles. The fourth-order valence-electron chi connectivity index (χ4n) is 4.31. The van der Waals surface area contributed by atoms with Gasteiger partial charge in [-0.3, -0.25) is 4.79 Å². The second kappa shape index (κ2) is 9.01. The summed E-state index contributed by atoms with van der Waals surface area (Å²) < 4.78 is 42.0. The molecule has 0 unspecified atom stereocenters. The minimum Gasteiger partial charge on any atom is -0.355 e. The molecule has 1 aromatic carbocycles. The molecular weight excluding hydrogens is 461 g/mol. The molecule has 182 valence electrons. The summed E-state index contributed by atoms with van der Waals surface area (Å²) in [6.45, 7) is 1.47. The summed E-state index contributed by atoms with van der Waals surface area (Å²) in [5.41, 5.74) is 1.90. The van der Waals surface area contributed by atoms with Crippen molar-refractivity contribution in [3.05, 3.63) is 66.2 Å². The van der Waals surface area contributed by atoms with Crippen molar-refractivity contribution in [1.82, 2.24) is 34.5 Å². The van der Waals surface area contributed by atoms with Crippen LogP contribution in [0.15, 0.2) is 54.9 Å². The Bertz CT molecular complexity index is 1330. The van der Waals surface area contributed by atoms with Gasteiger partial charge >= 0.3 is 6.18 Å². The van der Waals surface area contributed by atoms with Crippen molar-refractivity contribution in [2.24, 2.45) is 5.92 Å². The van der Waals surface area contributed by atoms with Crippen LogP contribution in [0.1, 0.15) is 24.2 Å². The molecule has 0 N–H and O–H groups in total. The Morgan fingerprint density at radius 1 is 1.09 bits per heavy atom. The zero-order valence-corrected chi connectivity index (χ0v) is 18.9. The van der Waals surface area contributed by atoms with E-state index in [1.54, 1.807) is 28.9 Å². The number of fused-ring (bicyclic) bond motifs is 1. The number of aromatic nitrogens is 6. The van der Waals surface area contributed by atoms with Crippen molar-refractivity contribution in [2.45, 2.75) is 25.6 Å². The molecule has 1 saturated heterocycles. The van der Waals surface area contributed by atoms with E-state index in [1.165, 1.54) is 6.07 Å². The number of hydrogen-bond donors (Lipinski definition) is 0. The van der Waals surface area contributed by atoms with Gasteiger partial charge in [0.15, 0.2) is 5.65 Å². The maximum absolute atomic E-state index is 13.2. The fraction of sp³-hybridized carbons (Fsp3) is 0.348. The highest BCUT2D eigenvalue weighted by molar-refractivity contribution is 5.79. The lowest BCUT2D eigenvalue weighted by atomic mass is 9.95. The fourth-order valence-corrected chi connectivity index (χ4v) is 4.31. The van der Waals surface area contributed by atoms with Crippen LogP contribution in [0.4, 0.5) is 19.0 Å². The van der Waals surface area contributed by atoms with Crippen molar-refractivity contribution < 1.29 is 18.0 Å². The largest absolute Gasteiger partial charge is 0.453 e. The Labute approximate surface area is 198 Å². The number of nitrogens with zero attached hydrogens (tertiary/aromatic N) is 8. The van der Waals surface area contributed by atoms with Gasteiger partial charge in [-0.25, -0.2) is 4.68 Å². The number of carbonyl (C=O) groups excluding carboxylic acids is 1. The Balaban J connectivity index is 1.20. The van der Waals surface area contributed by atoms with Crippen molar-refractivity contribution in [2.75, 3.05) is 25.0 Å². The molecule has 12 heteroatoms. The summed E-state index contributed by atoms with van der Waals surface area (Å²) in [5.74, 6) is -0.879. The van der Waals surface area contributed by atoms with Gasteiger partial charge in [0.1, 0.15) is 5.82 Å². The summed E-state index contributed by atoms with van der Waals surface area (Å²) in [4.78, 5) is 16.6. The number of carbonyl (C=O) groups is 1. The van der Waals surface area contributed by atoms with E-state index < -0.39 is 12.0 Å². The van der Waals surface area contributed by atoms with Crippen LogP contribution in [-0.4, -0.2) is 60.5 Å². The smallest absolute Gasteiger partial charge is 0.355 e. The predicted molar refractivity (Wildman–Crippen MR) is 121 cm³/mol. The van der Waals surface area contributed by atoms with Crippen LogP contribution in [-0.2, 0) is 17.5 Å². The highest BCUT2D eigenvalue weighted by Crippen LogP contribution is 2.29. The second-order valence-corrected chi connectivity index (χ2v) is 8.57. The van der Waals surface area contributed by atoms with Crippen molar-refractivity contribution in [3.8, 4) is 5.69 Å². The number of anilines is 1. The van der Waals surface area contributed by atoms with Crippen LogP contribution in [0.25, 0.3) is 11.3 Å². The van der Waals surface area contributed by atoms with E-state index in [9.17, 15) is 18.0 Å². The van der Waals surface area contributed by atoms with Gasteiger partial charge in [-0.15, -0.1) is 15.3 Å². The number of halogens is 3. The van der Waals surface area contributed by atoms with Crippen molar-refractivity contribution in [1.29, 1.82) is 0 Å². The lowest BCUT2D eigenvalue weighted by Gasteiger charge is -2.33. The van der Waals surface area contributed by atoms with Crippen LogP contribution in [0.3, 0.4) is 0 Å². The molecule has 4 aromatic rings. The summed E-state index contributed by atoms with van der Waals surface area (Å²) in [5, 5.41) is 15.2. The molecule has 1 aliphatic heterocycles. The minimum absolute atomic E-state index is 0.0309. The molecule has 0 atom stereocenters. The minimum atomic E-state index is -4.65. The van der Waals surface area contributed by atoms with Crippen molar-refractivity contribution >= 4 is 17.4 Å². The SMILES string of the molecule is CN(Cc1cnn(-c2ccccc2)c1)C(=O)C1CCN(c2ccc3nnc(C(F)(F)F)n3n2)CC1. The molecule has 1 amide bonds. The van der Waals surface area contributed by atoms with E-state index in [1.807, 2.05) is 41.4 Å². The molecule has 4 heterocycles. The molecule has 0 spiro atoms. The van der Waals surface area contributed by atoms with Gasteiger partial charge in [-0.2, -0.15) is 22.8 Å². The number of rotatable bonds is 5. The third-order valence-corrected chi connectivity index (χ3v) is 6.12. The van der Waals surface area contributed by atoms with Gasteiger partial charge < -0.3 is 9.80 Å². The van der Waals surface area contributed by atoms with Crippen LogP contribution in [0.5, 0.6) is 0 Å². The summed E-state index contributed by atoms with van der Waals surface area (Å²) >= 11 is 0. The Hall–Kier alpha value is -3.96. The van der Waals surface area contributed by atoms with E-state index >= 15 is 0 Å². The second-order valence-electron chi connectivity index (χ2n) is 8.57. The summed E-state index contributed by atoms with van der Waals surface area (Å²) in [6.07, 6.45) is 0.179. The molecule has 0 aliphatic carbocycles. The first-order valence-electron chi connectivity index (χ1n) is 11.2. The van der Waals surface area contributed by atoms with Crippen LogP contribution in [0, 0.1) is 5.92 Å². The van der Waals surface area contributed by atoms with Gasteiger partial charge in [-0.1, -0.05) is 18.2 Å². The number of hydrogen-bond acceptors (Lipinski definition) is 6. The molecule has 5 rings (SSSR count). The number of amides is 1. The van der Waals surface area contributed by atoms with Crippen LogP contribution in [0.2, 0.25) is 0 Å². The van der Waals surface area contributed by atoms with Gasteiger partial charge in [0.05, 0.1) is 11.9 Å². The Morgan fingerprint density at radius 2 is 1.83 bits per heavy atom. The van der Waals surface area contributed by atoms with Crippen LogP contribution >= 0.6 is 0 Å². The lowest BCUT2D eigenvalue weighted by Crippen LogP contribution is -2.41. The molecular formula is C23H23F3N8O. The average Bonchev–Trinajstić information content (AvgIpc) is 3.51. The Morgan fingerprint density at radius 3 is 2.54 bits per heavy atom. The molecule has 0 saturated carbocycles. The van der Waals surface area contributed by atoms with E-state index in [2.05, 4.69) is 20.4 Å². The number of benzene rings is 1. The summed E-state index contributed by atoms with van der Waals surface area (Å²) in [6, 6.07) is 12.8. The molecule has 1 fully saturated rings.